The van der Waals surface area contributed by atoms with E-state index < -0.39 is 12.0 Å². The monoisotopic (exact) mass is 746 g/mol. The van der Waals surface area contributed by atoms with Crippen molar-refractivity contribution in [1.29, 1.82) is 0 Å². The lowest BCUT2D eigenvalue weighted by Crippen LogP contribution is -2.39. The first-order valence-corrected chi connectivity index (χ1v) is 15.4. The van der Waals surface area contributed by atoms with Gasteiger partial charge in [0.2, 0.25) is 0 Å². The van der Waals surface area contributed by atoms with Gasteiger partial charge in [0, 0.05) is 4.90 Å². The topological polar surface area (TPSA) is 69.9 Å². The molecule has 1 aliphatic rings. The highest BCUT2D eigenvalue weighted by molar-refractivity contribution is 14.1. The molecule has 0 amide bonds. The summed E-state index contributed by atoms with van der Waals surface area (Å²) >= 11 is 7.46. The molecule has 2 heterocycles. The van der Waals surface area contributed by atoms with Gasteiger partial charge in [-0.25, -0.2) is 9.79 Å². The Bertz CT molecular complexity index is 1500. The summed E-state index contributed by atoms with van der Waals surface area (Å²) in [5.41, 5.74) is 2.50. The van der Waals surface area contributed by atoms with E-state index in [2.05, 4.69) is 50.2 Å². The Kier molecular flexibility index (Phi) is 9.00. The zero-order valence-electron chi connectivity index (χ0n) is 20.1. The van der Waals surface area contributed by atoms with Crippen LogP contribution in [0.25, 0.3) is 6.08 Å². The average molecular weight is 746 g/mol. The second-order valence-electron chi connectivity index (χ2n) is 7.82. The minimum absolute atomic E-state index is 0.189. The molecule has 4 rings (SSSR count). The molecule has 36 heavy (non-hydrogen) atoms. The maximum absolute atomic E-state index is 13.8. The summed E-state index contributed by atoms with van der Waals surface area (Å²) in [6, 6.07) is 11.3. The molecule has 3 aromatic rings. The van der Waals surface area contributed by atoms with Crippen LogP contribution in [-0.2, 0) is 9.53 Å². The molecule has 1 aromatic heterocycles. The van der Waals surface area contributed by atoms with E-state index in [-0.39, 0.29) is 12.2 Å². The fourth-order valence-corrected chi connectivity index (χ4v) is 7.57. The van der Waals surface area contributed by atoms with E-state index in [1.54, 1.807) is 30.2 Å². The van der Waals surface area contributed by atoms with Crippen LogP contribution in [0, 0.1) is 7.14 Å². The highest BCUT2D eigenvalue weighted by Gasteiger charge is 2.33. The zero-order valence-corrected chi connectivity index (χ0v) is 26.1. The summed E-state index contributed by atoms with van der Waals surface area (Å²) in [6.07, 6.45) is 3.89. The largest absolute Gasteiger partial charge is 0.492 e. The van der Waals surface area contributed by atoms with E-state index in [0.717, 1.165) is 28.9 Å². The number of benzene rings is 2. The number of nitrogens with zero attached hydrogens (tertiary/aromatic N) is 2. The molecule has 0 spiro atoms. The van der Waals surface area contributed by atoms with Crippen LogP contribution in [0.3, 0.4) is 0 Å². The van der Waals surface area contributed by atoms with Crippen LogP contribution in [0.2, 0.25) is 0 Å². The number of carbonyl (C=O) groups is 1. The van der Waals surface area contributed by atoms with Gasteiger partial charge in [-0.1, -0.05) is 23.5 Å². The number of aromatic nitrogens is 1. The summed E-state index contributed by atoms with van der Waals surface area (Å²) in [5, 5.41) is 0. The van der Waals surface area contributed by atoms with Crippen molar-refractivity contribution in [3.63, 3.8) is 0 Å². The number of halogens is 2. The Labute approximate surface area is 244 Å². The van der Waals surface area contributed by atoms with Crippen LogP contribution in [0.1, 0.15) is 37.9 Å². The van der Waals surface area contributed by atoms with Crippen molar-refractivity contribution in [1.82, 2.24) is 4.57 Å². The third-order valence-electron chi connectivity index (χ3n) is 5.56. The molecule has 0 N–H and O–H groups in total. The number of esters is 1. The van der Waals surface area contributed by atoms with Crippen molar-refractivity contribution < 1.29 is 14.3 Å². The predicted octanol–water partition coefficient (Wildman–Crippen LogP) is 5.13. The number of hydrogen-bond acceptors (Lipinski definition) is 7. The van der Waals surface area contributed by atoms with E-state index in [1.165, 1.54) is 11.3 Å². The molecule has 0 saturated carbocycles. The number of thiazole rings is 1. The van der Waals surface area contributed by atoms with E-state index >= 15 is 0 Å². The second-order valence-corrected chi connectivity index (χ2v) is 12.0. The molecule has 10 heteroatoms. The van der Waals surface area contributed by atoms with Crippen LogP contribution < -0.4 is 19.6 Å². The van der Waals surface area contributed by atoms with Crippen molar-refractivity contribution >= 4 is 80.3 Å². The molecule has 0 fully saturated rings. The molecular weight excluding hydrogens is 722 g/mol. The lowest BCUT2D eigenvalue weighted by Gasteiger charge is -2.24. The molecular formula is C26H24I2N2O4S2. The first kappa shape index (κ1) is 27.4. The number of hydrogen-bond donors (Lipinski definition) is 0. The quantitative estimate of drug-likeness (QED) is 0.191. The molecule has 2 aromatic carbocycles. The lowest BCUT2D eigenvalue weighted by molar-refractivity contribution is -0.139. The minimum atomic E-state index is -0.612. The van der Waals surface area contributed by atoms with Crippen LogP contribution in [0.5, 0.6) is 5.75 Å². The van der Waals surface area contributed by atoms with Gasteiger partial charge in [0.05, 0.1) is 42.2 Å². The normalized spacial score (nSPS) is 15.5. The van der Waals surface area contributed by atoms with Gasteiger partial charge in [0.1, 0.15) is 5.75 Å². The fourth-order valence-electron chi connectivity index (χ4n) is 3.99. The highest BCUT2D eigenvalue weighted by Crippen LogP contribution is 2.32. The van der Waals surface area contributed by atoms with E-state index in [0.29, 0.717) is 27.2 Å². The minimum Gasteiger partial charge on any atom is -0.492 e. The van der Waals surface area contributed by atoms with Crippen LogP contribution in [-0.4, -0.2) is 30.0 Å². The first-order chi connectivity index (χ1) is 17.3. The number of carbonyl (C=O) groups excluding carboxylic acids is 1. The number of rotatable bonds is 7. The number of thioether (sulfide) groups is 1. The molecule has 0 bridgehead atoms. The van der Waals surface area contributed by atoms with Crippen LogP contribution in [0.15, 0.2) is 62.4 Å². The Morgan fingerprint density at radius 3 is 2.42 bits per heavy atom. The van der Waals surface area contributed by atoms with Crippen molar-refractivity contribution in [3.8, 4) is 5.75 Å². The maximum Gasteiger partial charge on any atom is 0.338 e. The summed E-state index contributed by atoms with van der Waals surface area (Å²) in [5.74, 6) is 0.392. The number of ether oxygens (including phenoxy) is 2. The molecule has 6 nitrogen and oxygen atoms in total. The second kappa shape index (κ2) is 11.8. The van der Waals surface area contributed by atoms with Crippen LogP contribution >= 0.6 is 68.3 Å². The van der Waals surface area contributed by atoms with Gasteiger partial charge in [-0.2, -0.15) is 0 Å². The van der Waals surface area contributed by atoms with Crippen LogP contribution in [0.4, 0.5) is 0 Å². The van der Waals surface area contributed by atoms with Gasteiger partial charge in [-0.15, -0.1) is 11.8 Å². The number of fused-ring (bicyclic) bond motifs is 1. The van der Waals surface area contributed by atoms with Gasteiger partial charge in [0.25, 0.3) is 5.56 Å². The summed E-state index contributed by atoms with van der Waals surface area (Å²) in [6.45, 7) is 6.35. The summed E-state index contributed by atoms with van der Waals surface area (Å²) < 4.78 is 15.2. The third-order valence-corrected chi connectivity index (χ3v) is 8.88. The lowest BCUT2D eigenvalue weighted by atomic mass is 9.96. The van der Waals surface area contributed by atoms with Gasteiger partial charge >= 0.3 is 5.97 Å². The smallest absolute Gasteiger partial charge is 0.338 e. The third kappa shape index (κ3) is 5.46. The summed E-state index contributed by atoms with van der Waals surface area (Å²) in [4.78, 5) is 33.1. The Balaban J connectivity index is 1.91. The van der Waals surface area contributed by atoms with Crippen molar-refractivity contribution in [2.45, 2.75) is 31.7 Å². The average Bonchev–Trinajstić information content (AvgIpc) is 3.15. The molecule has 188 valence electrons. The molecule has 1 atom stereocenters. The van der Waals surface area contributed by atoms with E-state index in [9.17, 15) is 9.59 Å². The zero-order chi connectivity index (χ0) is 26.0. The van der Waals surface area contributed by atoms with E-state index in [1.807, 2.05) is 55.7 Å². The Morgan fingerprint density at radius 2 is 1.83 bits per heavy atom. The van der Waals surface area contributed by atoms with Crippen molar-refractivity contribution in [2.75, 3.05) is 19.5 Å². The molecule has 0 aliphatic carbocycles. The molecule has 1 aliphatic heterocycles. The standard InChI is InChI=1S/C26H24I2N2O4S2/c1-5-33-23-18(27)11-15(12-19(23)28)13-20-24(31)30-22(16-7-9-17(35-4)10-8-16)21(25(32)34-6-2)14(3)29-26(30)36-20/h7-13,22H,5-6H2,1-4H3/b20-13-/t22-/m1/s1. The van der Waals surface area contributed by atoms with Crippen molar-refractivity contribution in [3.05, 3.63) is 85.6 Å². The SMILES string of the molecule is CCOC(=O)C1=C(C)N=c2s/c(=C\c3cc(I)c(OCC)c(I)c3)c(=O)n2[C@@H]1c1ccc(SC)cc1. The predicted molar refractivity (Wildman–Crippen MR) is 162 cm³/mol. The van der Waals surface area contributed by atoms with Gasteiger partial charge < -0.3 is 9.47 Å². The van der Waals surface area contributed by atoms with Crippen molar-refractivity contribution in [2.24, 2.45) is 4.99 Å². The fraction of sp³-hybridized carbons (Fsp3) is 0.269. The Morgan fingerprint density at radius 1 is 1.17 bits per heavy atom. The highest BCUT2D eigenvalue weighted by atomic mass is 127. The summed E-state index contributed by atoms with van der Waals surface area (Å²) in [7, 11) is 0. The van der Waals surface area contributed by atoms with E-state index in [4.69, 9.17) is 9.47 Å². The van der Waals surface area contributed by atoms with Gasteiger partial charge in [0.15, 0.2) is 4.80 Å². The van der Waals surface area contributed by atoms with Gasteiger partial charge in [-0.05, 0) is 114 Å². The van der Waals surface area contributed by atoms with Gasteiger partial charge in [-0.3, -0.25) is 9.36 Å². The molecule has 0 unspecified atom stereocenters. The Hall–Kier alpha value is -1.64. The molecule has 0 radical (unpaired) electrons. The maximum atomic E-state index is 13.8. The molecule has 0 saturated heterocycles. The number of allylic oxidation sites excluding steroid dienone is 1. The first-order valence-electron chi connectivity index (χ1n) is 11.2.